The summed E-state index contributed by atoms with van der Waals surface area (Å²) in [5.41, 5.74) is -1.02. The van der Waals surface area contributed by atoms with Crippen molar-refractivity contribution in [1.82, 2.24) is 5.32 Å². The van der Waals surface area contributed by atoms with E-state index in [9.17, 15) is 4.79 Å². The monoisotopic (exact) mass is 271 g/mol. The van der Waals surface area contributed by atoms with E-state index in [0.29, 0.717) is 10.8 Å². The molecule has 0 heterocycles. The maximum absolute atomic E-state index is 11.9. The van der Waals surface area contributed by atoms with E-state index in [4.69, 9.17) is 21.4 Å². The number of amides is 1. The van der Waals surface area contributed by atoms with Crippen LogP contribution in [0.3, 0.4) is 0 Å². The van der Waals surface area contributed by atoms with Gasteiger partial charge in [0, 0.05) is 11.1 Å². The molecule has 1 atom stereocenters. The van der Waals surface area contributed by atoms with E-state index in [1.165, 1.54) is 0 Å². The van der Waals surface area contributed by atoms with Crippen molar-refractivity contribution in [3.8, 4) is 5.75 Å². The van der Waals surface area contributed by atoms with E-state index < -0.39 is 5.60 Å². The molecule has 0 radical (unpaired) electrons. The Balaban J connectivity index is 2.68. The van der Waals surface area contributed by atoms with Gasteiger partial charge >= 0.3 is 0 Å². The van der Waals surface area contributed by atoms with E-state index in [-0.39, 0.29) is 18.6 Å². The molecule has 0 bridgehead atoms. The number of carbonyl (C=O) groups is 1. The highest BCUT2D eigenvalue weighted by molar-refractivity contribution is 6.30. The van der Waals surface area contributed by atoms with Crippen LogP contribution in [0.4, 0.5) is 0 Å². The van der Waals surface area contributed by atoms with Gasteiger partial charge in [0.25, 0.3) is 5.91 Å². The van der Waals surface area contributed by atoms with Crippen LogP contribution in [0.2, 0.25) is 5.02 Å². The van der Waals surface area contributed by atoms with Gasteiger partial charge in [-0.1, -0.05) is 11.6 Å². The highest BCUT2D eigenvalue weighted by atomic mass is 35.5. The summed E-state index contributed by atoms with van der Waals surface area (Å²) in [6.45, 7) is 4.95. The molecular weight excluding hydrogens is 254 g/mol. The summed E-state index contributed by atoms with van der Waals surface area (Å²) in [6, 6.07) is 6.49. The van der Waals surface area contributed by atoms with Crippen molar-refractivity contribution in [1.29, 1.82) is 0 Å². The third kappa shape index (κ3) is 4.20. The standard InChI is InChI=1S/C13H18ClNO3/c1-9(8-16)15-12(17)13(2,3)18-11-6-4-10(14)5-7-11/h4-7,9,16H,8H2,1-3H3,(H,15,17). The number of nitrogens with one attached hydrogen (secondary N) is 1. The van der Waals surface area contributed by atoms with Gasteiger partial charge in [0.05, 0.1) is 6.61 Å². The first kappa shape index (κ1) is 14.8. The SMILES string of the molecule is CC(CO)NC(=O)C(C)(C)Oc1ccc(Cl)cc1. The quantitative estimate of drug-likeness (QED) is 0.861. The molecule has 4 nitrogen and oxygen atoms in total. The summed E-state index contributed by atoms with van der Waals surface area (Å²) < 4.78 is 5.61. The van der Waals surface area contributed by atoms with Crippen LogP contribution < -0.4 is 10.1 Å². The Labute approximate surface area is 112 Å². The van der Waals surface area contributed by atoms with Gasteiger partial charge in [-0.2, -0.15) is 0 Å². The average Bonchev–Trinajstić information content (AvgIpc) is 2.31. The third-order valence-corrected chi connectivity index (χ3v) is 2.64. The smallest absolute Gasteiger partial charge is 0.263 e. The van der Waals surface area contributed by atoms with Crippen LogP contribution >= 0.6 is 11.6 Å². The summed E-state index contributed by atoms with van der Waals surface area (Å²) in [5.74, 6) is 0.287. The topological polar surface area (TPSA) is 58.6 Å². The van der Waals surface area contributed by atoms with Crippen LogP contribution in [0.1, 0.15) is 20.8 Å². The number of aliphatic hydroxyl groups excluding tert-OH is 1. The van der Waals surface area contributed by atoms with Gasteiger partial charge in [-0.3, -0.25) is 4.79 Å². The molecule has 5 heteroatoms. The molecule has 0 fully saturated rings. The van der Waals surface area contributed by atoms with E-state index in [1.54, 1.807) is 45.0 Å². The van der Waals surface area contributed by atoms with Crippen molar-refractivity contribution < 1.29 is 14.6 Å². The normalized spacial score (nSPS) is 12.9. The van der Waals surface area contributed by atoms with Gasteiger partial charge < -0.3 is 15.2 Å². The molecule has 2 N–H and O–H groups in total. The fourth-order valence-electron chi connectivity index (χ4n) is 1.29. The van der Waals surface area contributed by atoms with Crippen molar-refractivity contribution in [3.63, 3.8) is 0 Å². The molecular formula is C13H18ClNO3. The molecule has 0 aliphatic rings. The Morgan fingerprint density at radius 2 is 2.00 bits per heavy atom. The Hall–Kier alpha value is -1.26. The molecule has 1 aromatic carbocycles. The van der Waals surface area contributed by atoms with Crippen molar-refractivity contribution in [2.75, 3.05) is 6.61 Å². The molecule has 0 aliphatic heterocycles. The zero-order chi connectivity index (χ0) is 13.8. The summed E-state index contributed by atoms with van der Waals surface area (Å²) in [7, 11) is 0. The van der Waals surface area contributed by atoms with Crippen LogP contribution in [0.25, 0.3) is 0 Å². The summed E-state index contributed by atoms with van der Waals surface area (Å²) >= 11 is 5.77. The average molecular weight is 272 g/mol. The maximum Gasteiger partial charge on any atom is 0.263 e. The molecule has 100 valence electrons. The van der Waals surface area contributed by atoms with E-state index in [1.807, 2.05) is 0 Å². The lowest BCUT2D eigenvalue weighted by Gasteiger charge is -2.26. The Bertz CT molecular complexity index is 403. The summed E-state index contributed by atoms with van der Waals surface area (Å²) in [4.78, 5) is 11.9. The number of rotatable bonds is 5. The van der Waals surface area contributed by atoms with Crippen LogP contribution in [0.15, 0.2) is 24.3 Å². The van der Waals surface area contributed by atoms with Gasteiger partial charge in [0.15, 0.2) is 5.60 Å². The predicted octanol–water partition coefficient (Wildman–Crippen LogP) is 1.99. The zero-order valence-corrected chi connectivity index (χ0v) is 11.5. The molecule has 0 spiro atoms. The van der Waals surface area contributed by atoms with Gasteiger partial charge in [0.1, 0.15) is 5.75 Å². The fourth-order valence-corrected chi connectivity index (χ4v) is 1.41. The minimum absolute atomic E-state index is 0.108. The molecule has 0 aromatic heterocycles. The largest absolute Gasteiger partial charge is 0.478 e. The van der Waals surface area contributed by atoms with Gasteiger partial charge in [0.2, 0.25) is 0 Å². The van der Waals surface area contributed by atoms with Crippen LogP contribution in [0.5, 0.6) is 5.75 Å². The minimum Gasteiger partial charge on any atom is -0.478 e. The fraction of sp³-hybridized carbons (Fsp3) is 0.462. The molecule has 0 saturated heterocycles. The zero-order valence-electron chi connectivity index (χ0n) is 10.7. The second-order valence-corrected chi connectivity index (χ2v) is 5.06. The second-order valence-electron chi connectivity index (χ2n) is 4.62. The Kier molecular flexibility index (Phi) is 4.99. The number of hydrogen-bond acceptors (Lipinski definition) is 3. The first-order chi connectivity index (χ1) is 8.35. The first-order valence-corrected chi connectivity index (χ1v) is 6.09. The van der Waals surface area contributed by atoms with Crippen LogP contribution in [0, 0.1) is 0 Å². The van der Waals surface area contributed by atoms with Crippen molar-refractivity contribution in [3.05, 3.63) is 29.3 Å². The van der Waals surface area contributed by atoms with Crippen molar-refractivity contribution in [2.24, 2.45) is 0 Å². The number of benzene rings is 1. The lowest BCUT2D eigenvalue weighted by molar-refractivity contribution is -0.135. The number of halogens is 1. The van der Waals surface area contributed by atoms with E-state index in [0.717, 1.165) is 0 Å². The van der Waals surface area contributed by atoms with E-state index >= 15 is 0 Å². The molecule has 0 saturated carbocycles. The lowest BCUT2D eigenvalue weighted by Crippen LogP contribution is -2.50. The summed E-state index contributed by atoms with van der Waals surface area (Å²) in [6.07, 6.45) is 0. The van der Waals surface area contributed by atoms with Gasteiger partial charge in [-0.05, 0) is 45.0 Å². The molecule has 1 unspecified atom stereocenters. The molecule has 1 amide bonds. The maximum atomic E-state index is 11.9. The second kappa shape index (κ2) is 6.07. The lowest BCUT2D eigenvalue weighted by atomic mass is 10.1. The van der Waals surface area contributed by atoms with Crippen molar-refractivity contribution in [2.45, 2.75) is 32.4 Å². The molecule has 1 aromatic rings. The number of hydrogen-bond donors (Lipinski definition) is 2. The van der Waals surface area contributed by atoms with Crippen LogP contribution in [-0.4, -0.2) is 29.3 Å². The molecule has 18 heavy (non-hydrogen) atoms. The van der Waals surface area contributed by atoms with E-state index in [2.05, 4.69) is 5.32 Å². The minimum atomic E-state index is -1.02. The van der Waals surface area contributed by atoms with Crippen LogP contribution in [-0.2, 0) is 4.79 Å². The Morgan fingerprint density at radius 1 is 1.44 bits per heavy atom. The Morgan fingerprint density at radius 3 is 2.50 bits per heavy atom. The predicted molar refractivity (Wildman–Crippen MR) is 70.8 cm³/mol. The number of carbonyl (C=O) groups excluding carboxylic acids is 1. The molecule has 0 aliphatic carbocycles. The number of ether oxygens (including phenoxy) is 1. The van der Waals surface area contributed by atoms with Gasteiger partial charge in [-0.25, -0.2) is 0 Å². The van der Waals surface area contributed by atoms with Crippen molar-refractivity contribution >= 4 is 17.5 Å². The molecule has 1 rings (SSSR count). The number of aliphatic hydroxyl groups is 1. The highest BCUT2D eigenvalue weighted by Gasteiger charge is 2.30. The highest BCUT2D eigenvalue weighted by Crippen LogP contribution is 2.21. The van der Waals surface area contributed by atoms with Gasteiger partial charge in [-0.15, -0.1) is 0 Å². The third-order valence-electron chi connectivity index (χ3n) is 2.38. The first-order valence-electron chi connectivity index (χ1n) is 5.71. The summed E-state index contributed by atoms with van der Waals surface area (Å²) in [5, 5.41) is 12.2.